The summed E-state index contributed by atoms with van der Waals surface area (Å²) in [6.07, 6.45) is 4.25. The molecule has 1 unspecified atom stereocenters. The van der Waals surface area contributed by atoms with Gasteiger partial charge in [0.15, 0.2) is 5.82 Å². The Morgan fingerprint density at radius 3 is 2.33 bits per heavy atom. The third-order valence-electron chi connectivity index (χ3n) is 12.4. The number of piperidine rings is 1. The van der Waals surface area contributed by atoms with Crippen LogP contribution in [0.15, 0.2) is 83.6 Å². The van der Waals surface area contributed by atoms with Crippen molar-refractivity contribution in [1.82, 2.24) is 40.6 Å². The molecule has 3 saturated heterocycles. The number of nitrogens with zero attached hydrogens (tertiary/aromatic N) is 7. The lowest BCUT2D eigenvalue weighted by molar-refractivity contribution is -0.120. The van der Waals surface area contributed by atoms with Crippen LogP contribution in [0.5, 0.6) is 0 Å². The quantitative estimate of drug-likeness (QED) is 0.126. The maximum Gasteiger partial charge on any atom is 0.328 e. The summed E-state index contributed by atoms with van der Waals surface area (Å²) in [5.41, 5.74) is 9.74. The van der Waals surface area contributed by atoms with Crippen molar-refractivity contribution in [2.75, 3.05) is 49.1 Å². The van der Waals surface area contributed by atoms with Crippen LogP contribution in [-0.4, -0.2) is 87.1 Å². The number of likely N-dealkylation sites (tertiary alicyclic amines) is 1. The highest BCUT2D eigenvalue weighted by molar-refractivity contribution is 6.05. The number of carbonyl (C=O) groups excluding carboxylic acids is 3. The summed E-state index contributed by atoms with van der Waals surface area (Å²) in [6, 6.07) is 24.7. The second kappa shape index (κ2) is 16.2. The van der Waals surface area contributed by atoms with Gasteiger partial charge in [-0.25, -0.2) is 14.8 Å². The molecular formula is C47H52N10O4. The molecule has 61 heavy (non-hydrogen) atoms. The average molecular weight is 821 g/mol. The van der Waals surface area contributed by atoms with E-state index >= 15 is 0 Å². The molecule has 6 aromatic rings. The molecule has 314 valence electrons. The molecule has 0 bridgehead atoms. The predicted molar refractivity (Wildman–Crippen MR) is 234 cm³/mol. The van der Waals surface area contributed by atoms with Gasteiger partial charge in [-0.15, -0.1) is 0 Å². The summed E-state index contributed by atoms with van der Waals surface area (Å²) in [5, 5.41) is 10.3. The van der Waals surface area contributed by atoms with Crippen LogP contribution in [-0.2, 0) is 10.2 Å². The fraction of sp³-hybridized carbons (Fsp3) is 0.383. The van der Waals surface area contributed by atoms with Crippen LogP contribution in [0.4, 0.5) is 16.2 Å². The molecule has 3 aromatic carbocycles. The second-order valence-corrected chi connectivity index (χ2v) is 17.8. The maximum atomic E-state index is 12.9. The molecule has 1 atom stereocenters. The third-order valence-corrected chi connectivity index (χ3v) is 12.4. The molecule has 0 aliphatic carbocycles. The van der Waals surface area contributed by atoms with Gasteiger partial charge in [0, 0.05) is 85.0 Å². The topological polar surface area (TPSA) is 165 Å². The van der Waals surface area contributed by atoms with Crippen LogP contribution in [0.3, 0.4) is 0 Å². The molecule has 0 radical (unpaired) electrons. The van der Waals surface area contributed by atoms with Crippen LogP contribution >= 0.6 is 0 Å². The summed E-state index contributed by atoms with van der Waals surface area (Å²) in [4.78, 5) is 60.4. The SMILES string of the molecule is Cc1cc(-c2ncnc3[nH]c(-c4ccc(C5CN(CC6CCN(c7ccc(N8CCC(=O)NC8=O)cc7)CC6)C5)cc4)cc23)ccc1C(C)NC(=O)c1nc(C(C)(C)C)no1. The number of benzene rings is 3. The van der Waals surface area contributed by atoms with Crippen molar-refractivity contribution >= 4 is 40.3 Å². The molecule has 3 aliphatic heterocycles. The van der Waals surface area contributed by atoms with E-state index in [2.05, 4.69) is 89.1 Å². The first-order valence-corrected chi connectivity index (χ1v) is 21.2. The molecule has 3 N–H and O–H groups in total. The number of amides is 4. The van der Waals surface area contributed by atoms with Crippen molar-refractivity contribution in [2.45, 2.75) is 71.3 Å². The summed E-state index contributed by atoms with van der Waals surface area (Å²) in [5.74, 6) is 1.05. The van der Waals surface area contributed by atoms with Crippen molar-refractivity contribution in [3.63, 3.8) is 0 Å². The number of aryl methyl sites for hydroxylation is 1. The van der Waals surface area contributed by atoms with Gasteiger partial charge in [0.25, 0.3) is 0 Å². The number of carbonyl (C=O) groups is 3. The van der Waals surface area contributed by atoms with Gasteiger partial charge < -0.3 is 24.6 Å². The molecule has 3 aliphatic rings. The largest absolute Gasteiger partial charge is 0.372 e. The molecule has 0 spiro atoms. The first-order valence-electron chi connectivity index (χ1n) is 21.2. The minimum atomic E-state index is -0.405. The van der Waals surface area contributed by atoms with E-state index in [0.29, 0.717) is 30.6 Å². The smallest absolute Gasteiger partial charge is 0.328 e. The lowest BCUT2D eigenvalue weighted by Crippen LogP contribution is -2.49. The zero-order chi connectivity index (χ0) is 42.4. The summed E-state index contributed by atoms with van der Waals surface area (Å²) >= 11 is 0. The summed E-state index contributed by atoms with van der Waals surface area (Å²) < 4.78 is 5.25. The van der Waals surface area contributed by atoms with Crippen LogP contribution in [0.1, 0.15) is 92.1 Å². The molecule has 3 aromatic heterocycles. The van der Waals surface area contributed by atoms with Crippen LogP contribution in [0.2, 0.25) is 0 Å². The zero-order valence-electron chi connectivity index (χ0n) is 35.4. The molecule has 4 amide bonds. The molecule has 14 nitrogen and oxygen atoms in total. The monoisotopic (exact) mass is 820 g/mol. The van der Waals surface area contributed by atoms with Crippen LogP contribution < -0.4 is 20.4 Å². The highest BCUT2D eigenvalue weighted by atomic mass is 16.5. The first kappa shape index (κ1) is 40.0. The Morgan fingerprint density at radius 2 is 1.64 bits per heavy atom. The number of H-pyrrole nitrogens is 1. The predicted octanol–water partition coefficient (Wildman–Crippen LogP) is 7.53. The third kappa shape index (κ3) is 8.36. The van der Waals surface area contributed by atoms with Crippen molar-refractivity contribution in [3.05, 3.63) is 108 Å². The number of rotatable bonds is 10. The number of anilines is 2. The number of aromatic nitrogens is 5. The number of aromatic amines is 1. The number of fused-ring (bicyclic) bond motifs is 1. The Hall–Kier alpha value is -6.41. The Bertz CT molecular complexity index is 2580. The minimum Gasteiger partial charge on any atom is -0.372 e. The summed E-state index contributed by atoms with van der Waals surface area (Å²) in [6.45, 7) is 15.7. The minimum absolute atomic E-state index is 0.0448. The Balaban J connectivity index is 0.773. The average Bonchev–Trinajstić information content (AvgIpc) is 3.92. The van der Waals surface area contributed by atoms with Crippen molar-refractivity contribution in [3.8, 4) is 22.5 Å². The maximum absolute atomic E-state index is 12.9. The van der Waals surface area contributed by atoms with Crippen LogP contribution in [0.25, 0.3) is 33.5 Å². The van der Waals surface area contributed by atoms with Gasteiger partial charge in [0.1, 0.15) is 12.0 Å². The number of imide groups is 1. The van der Waals surface area contributed by atoms with E-state index in [0.717, 1.165) is 95.9 Å². The van der Waals surface area contributed by atoms with Gasteiger partial charge in [0.2, 0.25) is 5.91 Å². The molecule has 14 heteroatoms. The van der Waals surface area contributed by atoms with Gasteiger partial charge in [-0.2, -0.15) is 4.98 Å². The van der Waals surface area contributed by atoms with E-state index in [1.807, 2.05) is 58.9 Å². The van der Waals surface area contributed by atoms with Crippen molar-refractivity contribution in [2.24, 2.45) is 5.92 Å². The lowest BCUT2D eigenvalue weighted by Gasteiger charge is -2.43. The normalized spacial score (nSPS) is 17.4. The van der Waals surface area contributed by atoms with Gasteiger partial charge in [0.05, 0.1) is 11.7 Å². The standard InChI is InChI=1S/C47H52N10O4/c1-28-22-33(10-15-37(28)29(2)50-43(59)44-53-45(54-61-44)47(3,4)5)41-38-23-39(51-42(38)49-27-48-41)32-8-6-31(7-9-32)34-25-55(26-34)24-30-16-19-56(20-17-30)35-11-13-36(14-12-35)57-21-18-40(58)52-46(57)60/h6-15,22-23,27,29-30,34H,16-21,24-26H2,1-5H3,(H,50,59)(H,48,49,51)(H,52,58,60). The van der Waals surface area contributed by atoms with Gasteiger partial charge in [-0.3, -0.25) is 19.8 Å². The van der Waals surface area contributed by atoms with E-state index in [1.165, 1.54) is 11.3 Å². The highest BCUT2D eigenvalue weighted by Crippen LogP contribution is 2.35. The van der Waals surface area contributed by atoms with Crippen molar-refractivity contribution < 1.29 is 18.9 Å². The zero-order valence-corrected chi connectivity index (χ0v) is 35.4. The number of hydrogen-bond donors (Lipinski definition) is 3. The van der Waals surface area contributed by atoms with Crippen molar-refractivity contribution in [1.29, 1.82) is 0 Å². The first-order chi connectivity index (χ1) is 29.4. The van der Waals surface area contributed by atoms with E-state index in [9.17, 15) is 14.4 Å². The second-order valence-electron chi connectivity index (χ2n) is 17.8. The fourth-order valence-electron chi connectivity index (χ4n) is 8.85. The van der Waals surface area contributed by atoms with E-state index in [1.54, 1.807) is 11.2 Å². The Morgan fingerprint density at radius 1 is 0.918 bits per heavy atom. The van der Waals surface area contributed by atoms with E-state index in [-0.39, 0.29) is 29.3 Å². The van der Waals surface area contributed by atoms with E-state index in [4.69, 9.17) is 9.51 Å². The van der Waals surface area contributed by atoms with Gasteiger partial charge >= 0.3 is 17.8 Å². The van der Waals surface area contributed by atoms with Crippen LogP contribution in [0, 0.1) is 12.8 Å². The Kier molecular flexibility index (Phi) is 10.6. The van der Waals surface area contributed by atoms with Gasteiger partial charge in [-0.05, 0) is 91.3 Å². The fourth-order valence-corrected chi connectivity index (χ4v) is 8.85. The summed E-state index contributed by atoms with van der Waals surface area (Å²) in [7, 11) is 0. The molecule has 0 saturated carbocycles. The van der Waals surface area contributed by atoms with E-state index < -0.39 is 5.91 Å². The molecule has 9 rings (SSSR count). The number of nitrogens with one attached hydrogen (secondary N) is 3. The van der Waals surface area contributed by atoms with Gasteiger partial charge in [-0.1, -0.05) is 62.3 Å². The molecule has 3 fully saturated rings. The lowest BCUT2D eigenvalue weighted by atomic mass is 9.88. The number of urea groups is 1. The Labute approximate surface area is 355 Å². The molecular weight excluding hydrogens is 769 g/mol. The number of hydrogen-bond acceptors (Lipinski definition) is 10. The molecule has 6 heterocycles. The highest BCUT2D eigenvalue weighted by Gasteiger charge is 2.32.